The minimum absolute atomic E-state index is 0.00497. The Kier molecular flexibility index (Phi) is 10.5. The molecule has 0 aliphatic carbocycles. The topological polar surface area (TPSA) is 19.6 Å². The van der Waals surface area contributed by atoms with Crippen molar-refractivity contribution in [3.8, 4) is 0 Å². The maximum absolute atomic E-state index is 6.77. The van der Waals surface area contributed by atoms with E-state index in [1.54, 1.807) is 0 Å². The zero-order valence-electron chi connectivity index (χ0n) is 36.7. The van der Waals surface area contributed by atoms with Crippen molar-refractivity contribution in [1.82, 2.24) is 0 Å². The summed E-state index contributed by atoms with van der Waals surface area (Å²) in [6.45, 7) is 18.5. The average molecular weight is 777 g/mol. The number of hydrogen-bond donors (Lipinski definition) is 0. The smallest absolute Gasteiger partial charge is 0.252 e. The molecule has 1 atom stereocenters. The maximum Gasteiger partial charge on any atom is 0.252 e. The average Bonchev–Trinajstić information content (AvgIpc) is 3.62. The van der Waals surface area contributed by atoms with Crippen LogP contribution in [0.5, 0.6) is 0 Å². The van der Waals surface area contributed by atoms with E-state index in [4.69, 9.17) is 4.42 Å². The Morgan fingerprint density at radius 1 is 0.610 bits per heavy atom. The molecule has 0 saturated heterocycles. The first-order chi connectivity index (χ1) is 28.6. The highest BCUT2D eigenvalue weighted by Gasteiger charge is 2.45. The van der Waals surface area contributed by atoms with Gasteiger partial charge in [0.05, 0.1) is 11.1 Å². The van der Waals surface area contributed by atoms with E-state index >= 15 is 0 Å². The van der Waals surface area contributed by atoms with Crippen molar-refractivity contribution in [2.75, 3.05) is 9.80 Å². The third-order valence-corrected chi connectivity index (χ3v) is 13.3. The number of nitrogens with zero attached hydrogens (tertiary/aromatic N) is 2. The molecule has 4 heteroatoms. The number of benzene rings is 6. The zero-order valence-corrected chi connectivity index (χ0v) is 36.7. The number of fused-ring (bicyclic) bond motifs is 8. The van der Waals surface area contributed by atoms with E-state index in [1.165, 1.54) is 128 Å². The number of hydrogen-bond acceptors (Lipinski definition) is 3. The van der Waals surface area contributed by atoms with Crippen LogP contribution < -0.4 is 26.2 Å². The molecule has 0 N–H and O–H groups in total. The van der Waals surface area contributed by atoms with E-state index in [0.717, 1.165) is 30.4 Å². The van der Waals surface area contributed by atoms with Crippen molar-refractivity contribution < 1.29 is 4.42 Å². The fourth-order valence-corrected chi connectivity index (χ4v) is 10.1. The van der Waals surface area contributed by atoms with Gasteiger partial charge in [0.2, 0.25) is 0 Å². The highest BCUT2D eigenvalue weighted by Crippen LogP contribution is 2.48. The van der Waals surface area contributed by atoms with Crippen LogP contribution >= 0.6 is 0 Å². The molecular weight excluding hydrogens is 715 g/mol. The SMILES string of the molecule is CCCCc1ccc(N2c3cc(C)cc4c3B(c3cc(C(C)(C)C)ccc3N4c3ccc(C(CC)CCC)cc3)c3ccc4oc5ccc(CCCC)cc5c4c32)cc1. The quantitative estimate of drug-likeness (QED) is 0.115. The summed E-state index contributed by atoms with van der Waals surface area (Å²) in [5, 5.41) is 2.42. The fraction of sp³-hybridized carbons (Fsp3) is 0.345. The molecule has 3 nitrogen and oxygen atoms in total. The summed E-state index contributed by atoms with van der Waals surface area (Å²) in [7, 11) is 0. The van der Waals surface area contributed by atoms with Gasteiger partial charge >= 0.3 is 0 Å². The van der Waals surface area contributed by atoms with E-state index in [1.807, 2.05) is 0 Å². The van der Waals surface area contributed by atoms with Gasteiger partial charge < -0.3 is 14.2 Å². The molecule has 0 fully saturated rings. The minimum Gasteiger partial charge on any atom is -0.456 e. The molecule has 3 heterocycles. The number of rotatable bonds is 12. The number of aryl methyl sites for hydroxylation is 3. The van der Waals surface area contributed by atoms with Crippen molar-refractivity contribution in [3.63, 3.8) is 0 Å². The minimum atomic E-state index is -0.00497. The summed E-state index contributed by atoms with van der Waals surface area (Å²) in [6.07, 6.45) is 10.5. The standard InChI is InChI=1S/C55H61BN2O/c1-9-13-16-37-18-24-43(25-19-37)58-49-33-36(5)32-48-53(49)56(45-28-31-51-52(54(45)58)44-34-38(17-14-10-2)20-30-50(44)59-51)46-35-41(55(6,7)8)23-29-47(46)57(48)42-26-21-40(22-27-42)39(12-4)15-11-3/h18-35,39H,9-17H2,1-8H3. The van der Waals surface area contributed by atoms with Gasteiger partial charge in [-0.15, -0.1) is 0 Å². The van der Waals surface area contributed by atoms with Crippen LogP contribution in [0.1, 0.15) is 127 Å². The van der Waals surface area contributed by atoms with Crippen LogP contribution in [0.2, 0.25) is 0 Å². The summed E-state index contributed by atoms with van der Waals surface area (Å²) < 4.78 is 6.77. The van der Waals surface area contributed by atoms with E-state index < -0.39 is 0 Å². The molecule has 0 spiro atoms. The Morgan fingerprint density at radius 2 is 1.25 bits per heavy atom. The second-order valence-corrected chi connectivity index (χ2v) is 18.5. The molecule has 0 saturated carbocycles. The maximum atomic E-state index is 6.77. The second kappa shape index (κ2) is 15.8. The summed E-state index contributed by atoms with van der Waals surface area (Å²) in [6, 6.07) is 42.7. The first kappa shape index (κ1) is 39.3. The molecular formula is C55H61BN2O. The first-order valence-electron chi connectivity index (χ1n) is 22.7. The van der Waals surface area contributed by atoms with Gasteiger partial charge in [-0.2, -0.15) is 0 Å². The Balaban J connectivity index is 1.35. The summed E-state index contributed by atoms with van der Waals surface area (Å²) >= 11 is 0. The van der Waals surface area contributed by atoms with Crippen LogP contribution in [0.25, 0.3) is 21.9 Å². The molecule has 59 heavy (non-hydrogen) atoms. The van der Waals surface area contributed by atoms with E-state index in [9.17, 15) is 0 Å². The predicted octanol–water partition coefficient (Wildman–Crippen LogP) is 14.3. The van der Waals surface area contributed by atoms with Crippen LogP contribution in [0.4, 0.5) is 34.1 Å². The highest BCUT2D eigenvalue weighted by atomic mass is 16.3. The van der Waals surface area contributed by atoms with Crippen LogP contribution in [0.3, 0.4) is 0 Å². The zero-order chi connectivity index (χ0) is 41.0. The summed E-state index contributed by atoms with van der Waals surface area (Å²) in [5.74, 6) is 0.588. The monoisotopic (exact) mass is 776 g/mol. The molecule has 0 amide bonds. The lowest BCUT2D eigenvalue weighted by molar-refractivity contribution is 0.591. The normalized spacial score (nSPS) is 13.9. The second-order valence-electron chi connectivity index (χ2n) is 18.5. The first-order valence-corrected chi connectivity index (χ1v) is 22.7. The third kappa shape index (κ3) is 6.87. The van der Waals surface area contributed by atoms with Gasteiger partial charge in [0.1, 0.15) is 11.2 Å². The molecule has 6 aromatic carbocycles. The molecule has 300 valence electrons. The van der Waals surface area contributed by atoms with Gasteiger partial charge in [-0.3, -0.25) is 0 Å². The van der Waals surface area contributed by atoms with Gasteiger partial charge in [0.15, 0.2) is 0 Å². The molecule has 0 radical (unpaired) electrons. The van der Waals surface area contributed by atoms with Crippen molar-refractivity contribution in [1.29, 1.82) is 0 Å². The number of furan rings is 1. The van der Waals surface area contributed by atoms with Gasteiger partial charge in [0.25, 0.3) is 6.71 Å². The molecule has 1 unspecified atom stereocenters. The lowest BCUT2D eigenvalue weighted by Gasteiger charge is -2.45. The van der Waals surface area contributed by atoms with Crippen LogP contribution in [0, 0.1) is 6.92 Å². The molecule has 2 aliphatic heterocycles. The highest BCUT2D eigenvalue weighted by molar-refractivity contribution is 7.00. The van der Waals surface area contributed by atoms with Crippen molar-refractivity contribution >= 4 is 79.2 Å². The largest absolute Gasteiger partial charge is 0.456 e. The Hall–Kier alpha value is -5.22. The van der Waals surface area contributed by atoms with Crippen molar-refractivity contribution in [2.24, 2.45) is 0 Å². The van der Waals surface area contributed by atoms with Gasteiger partial charge in [0, 0.05) is 33.8 Å². The van der Waals surface area contributed by atoms with E-state index in [0.29, 0.717) is 5.92 Å². The van der Waals surface area contributed by atoms with E-state index in [2.05, 4.69) is 174 Å². The summed E-state index contributed by atoms with van der Waals surface area (Å²) in [4.78, 5) is 5.16. The van der Waals surface area contributed by atoms with Gasteiger partial charge in [-0.05, 0) is 162 Å². The van der Waals surface area contributed by atoms with Crippen molar-refractivity contribution in [2.45, 2.75) is 125 Å². The lowest BCUT2D eigenvalue weighted by Crippen LogP contribution is -2.61. The number of anilines is 6. The molecule has 0 bridgehead atoms. The van der Waals surface area contributed by atoms with Crippen molar-refractivity contribution in [3.05, 3.63) is 137 Å². The van der Waals surface area contributed by atoms with Crippen LogP contribution in [0.15, 0.2) is 114 Å². The Morgan fingerprint density at radius 3 is 1.93 bits per heavy atom. The van der Waals surface area contributed by atoms with E-state index in [-0.39, 0.29) is 12.1 Å². The van der Waals surface area contributed by atoms with Crippen LogP contribution in [-0.2, 0) is 18.3 Å². The van der Waals surface area contributed by atoms with Gasteiger partial charge in [-0.1, -0.05) is 116 Å². The molecule has 2 aliphatic rings. The fourth-order valence-electron chi connectivity index (χ4n) is 10.1. The summed E-state index contributed by atoms with van der Waals surface area (Å²) in [5.41, 5.74) is 20.2. The lowest BCUT2D eigenvalue weighted by atomic mass is 9.33. The van der Waals surface area contributed by atoms with Crippen LogP contribution in [-0.4, -0.2) is 6.71 Å². The van der Waals surface area contributed by atoms with Gasteiger partial charge in [-0.25, -0.2) is 0 Å². The molecule has 9 rings (SSSR count). The Bertz CT molecular complexity index is 2650. The molecule has 7 aromatic rings. The number of unbranched alkanes of at least 4 members (excludes halogenated alkanes) is 2. The Labute approximate surface area is 353 Å². The predicted molar refractivity (Wildman–Crippen MR) is 256 cm³/mol. The molecule has 1 aromatic heterocycles. The third-order valence-electron chi connectivity index (χ3n) is 13.3.